The maximum atomic E-state index is 11.0. The number of carboxylic acids is 1. The fourth-order valence-corrected chi connectivity index (χ4v) is 2.21. The average Bonchev–Trinajstić information content (AvgIpc) is 2.20. The summed E-state index contributed by atoms with van der Waals surface area (Å²) in [6.07, 6.45) is -0.0416. The topological polar surface area (TPSA) is 40.5 Å². The van der Waals surface area contributed by atoms with Crippen LogP contribution >= 0.6 is 23.2 Å². The Morgan fingerprint density at radius 3 is 2.47 bits per heavy atom. The van der Waals surface area contributed by atoms with E-state index < -0.39 is 11.5 Å². The van der Waals surface area contributed by atoms with E-state index in [1.165, 1.54) is 0 Å². The van der Waals surface area contributed by atoms with Crippen molar-refractivity contribution in [1.29, 1.82) is 0 Å². The molecule has 0 aromatic heterocycles. The monoisotopic (exact) mass is 275 g/mol. The zero-order valence-corrected chi connectivity index (χ0v) is 11.5. The largest absolute Gasteiger partial charge is 0.481 e. The lowest BCUT2D eigenvalue weighted by Crippen LogP contribution is -2.40. The van der Waals surface area contributed by atoms with E-state index in [-0.39, 0.29) is 6.42 Å². The number of benzene rings is 1. The molecule has 1 N–H and O–H groups in total. The predicted octanol–water partition coefficient (Wildman–Crippen LogP) is 3.24. The zero-order valence-electron chi connectivity index (χ0n) is 10.00. The first-order chi connectivity index (χ1) is 7.79. The standard InChI is InChI=1S/C12H15Cl2NO2/c1-12(15(2)3,7-10(16)17)8-5-4-6-9(13)11(8)14/h4-6H,7H2,1-3H3,(H,16,17). The van der Waals surface area contributed by atoms with Crippen LogP contribution in [0.1, 0.15) is 18.9 Å². The number of hydrogen-bond donors (Lipinski definition) is 1. The Labute approximate surface area is 111 Å². The smallest absolute Gasteiger partial charge is 0.305 e. The minimum Gasteiger partial charge on any atom is -0.481 e. The highest BCUT2D eigenvalue weighted by Gasteiger charge is 2.34. The van der Waals surface area contributed by atoms with E-state index in [2.05, 4.69) is 0 Å². The third-order valence-corrected chi connectivity index (χ3v) is 3.83. The summed E-state index contributed by atoms with van der Waals surface area (Å²) in [4.78, 5) is 12.8. The molecule has 0 heterocycles. The third-order valence-electron chi connectivity index (χ3n) is 3.01. The van der Waals surface area contributed by atoms with Gasteiger partial charge >= 0.3 is 5.97 Å². The van der Waals surface area contributed by atoms with Crippen molar-refractivity contribution in [3.05, 3.63) is 33.8 Å². The van der Waals surface area contributed by atoms with Crippen LogP contribution in [0.4, 0.5) is 0 Å². The first kappa shape index (κ1) is 14.3. The summed E-state index contributed by atoms with van der Waals surface area (Å²) in [5.74, 6) is -0.878. The number of hydrogen-bond acceptors (Lipinski definition) is 2. The first-order valence-corrected chi connectivity index (χ1v) is 5.88. The molecule has 3 nitrogen and oxygen atoms in total. The van der Waals surface area contributed by atoms with E-state index >= 15 is 0 Å². The molecular weight excluding hydrogens is 261 g/mol. The highest BCUT2D eigenvalue weighted by atomic mass is 35.5. The molecule has 1 aromatic rings. The number of nitrogens with zero attached hydrogens (tertiary/aromatic N) is 1. The molecule has 1 unspecified atom stereocenters. The van der Waals surface area contributed by atoms with Gasteiger partial charge in [0, 0.05) is 0 Å². The van der Waals surface area contributed by atoms with Crippen LogP contribution in [0.3, 0.4) is 0 Å². The molecule has 94 valence electrons. The van der Waals surface area contributed by atoms with Gasteiger partial charge in [0.05, 0.1) is 22.0 Å². The Hall–Kier alpha value is -0.770. The SMILES string of the molecule is CN(C)C(C)(CC(=O)O)c1cccc(Cl)c1Cl. The van der Waals surface area contributed by atoms with Gasteiger partial charge in [-0.15, -0.1) is 0 Å². The lowest BCUT2D eigenvalue weighted by Gasteiger charge is -2.36. The van der Waals surface area contributed by atoms with Crippen molar-refractivity contribution in [2.75, 3.05) is 14.1 Å². The number of halogens is 2. The van der Waals surface area contributed by atoms with Crippen LogP contribution in [0, 0.1) is 0 Å². The zero-order chi connectivity index (χ0) is 13.2. The lowest BCUT2D eigenvalue weighted by atomic mass is 9.87. The van der Waals surface area contributed by atoms with Gasteiger partial charge in [0.15, 0.2) is 0 Å². The third kappa shape index (κ3) is 2.92. The number of rotatable bonds is 4. The van der Waals surface area contributed by atoms with Crippen molar-refractivity contribution in [2.24, 2.45) is 0 Å². The highest BCUT2D eigenvalue weighted by Crippen LogP contribution is 2.37. The summed E-state index contributed by atoms with van der Waals surface area (Å²) >= 11 is 12.1. The fourth-order valence-electron chi connectivity index (χ4n) is 1.71. The van der Waals surface area contributed by atoms with Gasteiger partial charge in [-0.05, 0) is 32.6 Å². The molecule has 0 fully saturated rings. The second-order valence-corrected chi connectivity index (χ2v) is 5.13. The van der Waals surface area contributed by atoms with Crippen molar-refractivity contribution >= 4 is 29.2 Å². The molecule has 0 amide bonds. The van der Waals surface area contributed by atoms with Gasteiger partial charge in [-0.2, -0.15) is 0 Å². The van der Waals surface area contributed by atoms with E-state index in [9.17, 15) is 4.79 Å². The van der Waals surface area contributed by atoms with E-state index in [0.717, 1.165) is 5.56 Å². The Balaban J connectivity index is 3.32. The highest BCUT2D eigenvalue weighted by molar-refractivity contribution is 6.42. The lowest BCUT2D eigenvalue weighted by molar-refractivity contribution is -0.140. The molecular formula is C12H15Cl2NO2. The van der Waals surface area contributed by atoms with Crippen LogP contribution in [0.25, 0.3) is 0 Å². The van der Waals surface area contributed by atoms with Crippen LogP contribution in [0.5, 0.6) is 0 Å². The molecule has 0 aliphatic heterocycles. The van der Waals surface area contributed by atoms with E-state index in [0.29, 0.717) is 10.0 Å². The minimum absolute atomic E-state index is 0.0416. The molecule has 17 heavy (non-hydrogen) atoms. The molecule has 0 aliphatic rings. The molecule has 0 bridgehead atoms. The van der Waals surface area contributed by atoms with Crippen LogP contribution in [-0.4, -0.2) is 30.1 Å². The maximum Gasteiger partial charge on any atom is 0.305 e. The molecule has 0 aliphatic carbocycles. The predicted molar refractivity (Wildman–Crippen MR) is 69.8 cm³/mol. The summed E-state index contributed by atoms with van der Waals surface area (Å²) < 4.78 is 0. The Morgan fingerprint density at radius 2 is 2.00 bits per heavy atom. The van der Waals surface area contributed by atoms with Gasteiger partial charge in [0.2, 0.25) is 0 Å². The van der Waals surface area contributed by atoms with Gasteiger partial charge in [-0.25, -0.2) is 0 Å². The van der Waals surface area contributed by atoms with E-state index in [4.69, 9.17) is 28.3 Å². The normalized spacial score (nSPS) is 14.7. The number of carbonyl (C=O) groups is 1. The van der Waals surface area contributed by atoms with E-state index in [1.54, 1.807) is 18.2 Å². The molecule has 1 rings (SSSR count). The van der Waals surface area contributed by atoms with Gasteiger partial charge in [0.1, 0.15) is 0 Å². The van der Waals surface area contributed by atoms with E-state index in [1.807, 2.05) is 25.9 Å². The van der Waals surface area contributed by atoms with Crippen molar-refractivity contribution in [2.45, 2.75) is 18.9 Å². The maximum absolute atomic E-state index is 11.0. The fraction of sp³-hybridized carbons (Fsp3) is 0.417. The average molecular weight is 276 g/mol. The molecule has 0 saturated carbocycles. The van der Waals surface area contributed by atoms with Gasteiger partial charge in [-0.3, -0.25) is 9.69 Å². The minimum atomic E-state index is -0.878. The van der Waals surface area contributed by atoms with Gasteiger partial charge in [-0.1, -0.05) is 35.3 Å². The summed E-state index contributed by atoms with van der Waals surface area (Å²) in [6, 6.07) is 5.26. The Bertz CT molecular complexity index is 435. The molecule has 5 heteroatoms. The van der Waals surface area contributed by atoms with Crippen LogP contribution < -0.4 is 0 Å². The first-order valence-electron chi connectivity index (χ1n) is 5.12. The molecule has 0 spiro atoms. The van der Waals surface area contributed by atoms with Crippen molar-refractivity contribution < 1.29 is 9.90 Å². The second kappa shape index (κ2) is 5.25. The van der Waals surface area contributed by atoms with Crippen molar-refractivity contribution in [3.63, 3.8) is 0 Å². The van der Waals surface area contributed by atoms with Crippen molar-refractivity contribution in [1.82, 2.24) is 4.90 Å². The molecule has 0 radical (unpaired) electrons. The quantitative estimate of drug-likeness (QED) is 0.917. The van der Waals surface area contributed by atoms with Crippen LogP contribution in [0.2, 0.25) is 10.0 Å². The number of aliphatic carboxylic acids is 1. The number of carboxylic acid groups (broad SMARTS) is 1. The molecule has 1 atom stereocenters. The van der Waals surface area contributed by atoms with Crippen LogP contribution in [-0.2, 0) is 10.3 Å². The van der Waals surface area contributed by atoms with Crippen molar-refractivity contribution in [3.8, 4) is 0 Å². The van der Waals surface area contributed by atoms with Gasteiger partial charge < -0.3 is 5.11 Å². The Morgan fingerprint density at radius 1 is 1.41 bits per heavy atom. The molecule has 0 saturated heterocycles. The Kier molecular flexibility index (Phi) is 4.42. The van der Waals surface area contributed by atoms with Gasteiger partial charge in [0.25, 0.3) is 0 Å². The second-order valence-electron chi connectivity index (χ2n) is 4.34. The summed E-state index contributed by atoms with van der Waals surface area (Å²) in [7, 11) is 3.64. The molecule has 1 aromatic carbocycles. The van der Waals surface area contributed by atoms with Crippen LogP contribution in [0.15, 0.2) is 18.2 Å². The summed E-state index contributed by atoms with van der Waals surface area (Å²) in [5, 5.41) is 9.86. The summed E-state index contributed by atoms with van der Waals surface area (Å²) in [5.41, 5.74) is 0.0347. The summed E-state index contributed by atoms with van der Waals surface area (Å²) in [6.45, 7) is 1.83.